The Morgan fingerprint density at radius 2 is 2.20 bits per heavy atom. The van der Waals surface area contributed by atoms with Crippen molar-refractivity contribution in [1.29, 1.82) is 0 Å². The minimum atomic E-state index is -0.648. The Kier molecular flexibility index (Phi) is 4.54. The number of rotatable bonds is 3. The maximum Gasteiger partial charge on any atom is 0.341 e. The highest BCUT2D eigenvalue weighted by atomic mass is 35.5. The molecule has 0 saturated heterocycles. The zero-order valence-electron chi connectivity index (χ0n) is 11.0. The monoisotopic (exact) mass is 298 g/mol. The fourth-order valence-corrected chi connectivity index (χ4v) is 2.52. The number of nitrogens with zero attached hydrogens (tertiary/aromatic N) is 2. The fraction of sp³-hybridized carbons (Fsp3) is 0.538. The Labute approximate surface area is 121 Å². The Bertz CT molecular complexity index is 535. The maximum atomic E-state index is 12.1. The van der Waals surface area contributed by atoms with Gasteiger partial charge in [0.25, 0.3) is 5.69 Å². The maximum absolute atomic E-state index is 12.1. The number of carbonyl (C=O) groups is 1. The molecule has 0 radical (unpaired) electrons. The van der Waals surface area contributed by atoms with E-state index in [1.54, 1.807) is 0 Å². The van der Waals surface area contributed by atoms with E-state index in [1.165, 1.54) is 0 Å². The molecule has 2 atom stereocenters. The highest BCUT2D eigenvalue weighted by molar-refractivity contribution is 6.32. The second-order valence-electron chi connectivity index (χ2n) is 4.99. The third-order valence-electron chi connectivity index (χ3n) is 3.55. The molecule has 1 aliphatic rings. The number of nitro groups is 1. The highest BCUT2D eigenvalue weighted by Gasteiger charge is 2.27. The lowest BCUT2D eigenvalue weighted by Crippen LogP contribution is -2.28. The molecule has 1 saturated carbocycles. The van der Waals surface area contributed by atoms with E-state index in [4.69, 9.17) is 16.3 Å². The third-order valence-corrected chi connectivity index (χ3v) is 3.85. The highest BCUT2D eigenvalue weighted by Crippen LogP contribution is 2.28. The van der Waals surface area contributed by atoms with Gasteiger partial charge >= 0.3 is 5.97 Å². The Hall–Kier alpha value is -1.69. The first-order valence-corrected chi connectivity index (χ1v) is 6.87. The van der Waals surface area contributed by atoms with Crippen molar-refractivity contribution in [2.45, 2.75) is 38.7 Å². The van der Waals surface area contributed by atoms with Crippen LogP contribution in [0.2, 0.25) is 5.15 Å². The summed E-state index contributed by atoms with van der Waals surface area (Å²) < 4.78 is 5.42. The van der Waals surface area contributed by atoms with Crippen molar-refractivity contribution in [1.82, 2.24) is 4.98 Å². The molecule has 1 fully saturated rings. The van der Waals surface area contributed by atoms with Crippen LogP contribution in [-0.2, 0) is 4.74 Å². The Balaban J connectivity index is 2.16. The number of esters is 1. The van der Waals surface area contributed by atoms with E-state index in [0.29, 0.717) is 0 Å². The predicted molar refractivity (Wildman–Crippen MR) is 72.7 cm³/mol. The van der Waals surface area contributed by atoms with Crippen molar-refractivity contribution in [2.75, 3.05) is 0 Å². The number of pyridine rings is 1. The molecular formula is C13H15ClN2O4. The van der Waals surface area contributed by atoms with Gasteiger partial charge in [-0.15, -0.1) is 0 Å². The van der Waals surface area contributed by atoms with Crippen molar-refractivity contribution < 1.29 is 14.5 Å². The van der Waals surface area contributed by atoms with Crippen LogP contribution in [0, 0.1) is 16.0 Å². The van der Waals surface area contributed by atoms with Gasteiger partial charge in [0.15, 0.2) is 0 Å². The molecule has 1 aliphatic carbocycles. The summed E-state index contributed by atoms with van der Waals surface area (Å²) in [4.78, 5) is 25.8. The van der Waals surface area contributed by atoms with Crippen LogP contribution in [0.1, 0.15) is 43.0 Å². The lowest BCUT2D eigenvalue weighted by molar-refractivity contribution is -0.385. The number of halogens is 1. The fourth-order valence-electron chi connectivity index (χ4n) is 2.34. The second-order valence-corrected chi connectivity index (χ2v) is 5.35. The second kappa shape index (κ2) is 6.17. The summed E-state index contributed by atoms with van der Waals surface area (Å²) in [5.41, 5.74) is -0.336. The molecule has 1 aromatic heterocycles. The lowest BCUT2D eigenvalue weighted by atomic mass is 9.88. The van der Waals surface area contributed by atoms with Gasteiger partial charge in [-0.1, -0.05) is 24.9 Å². The van der Waals surface area contributed by atoms with Crippen molar-refractivity contribution in [3.05, 3.63) is 33.1 Å². The molecule has 0 bridgehead atoms. The summed E-state index contributed by atoms with van der Waals surface area (Å²) in [7, 11) is 0. The number of aromatic nitrogens is 1. The minimum Gasteiger partial charge on any atom is -0.458 e. The molecule has 0 spiro atoms. The zero-order chi connectivity index (χ0) is 14.7. The summed E-state index contributed by atoms with van der Waals surface area (Å²) in [6, 6.07) is 1.10. The van der Waals surface area contributed by atoms with Gasteiger partial charge in [-0.2, -0.15) is 0 Å². The first-order chi connectivity index (χ1) is 9.49. The van der Waals surface area contributed by atoms with Crippen LogP contribution in [0.25, 0.3) is 0 Å². The standard InChI is InChI=1S/C13H15ClN2O4/c1-8-4-2-3-5-11(8)20-13(17)10-6-9(16(18)19)7-15-12(10)14/h6-8,11H,2-5H2,1H3. The minimum absolute atomic E-state index is 0.0568. The summed E-state index contributed by atoms with van der Waals surface area (Å²) >= 11 is 5.82. The molecule has 0 N–H and O–H groups in total. The van der Waals surface area contributed by atoms with Crippen LogP contribution in [0.5, 0.6) is 0 Å². The van der Waals surface area contributed by atoms with Crippen LogP contribution in [0.3, 0.4) is 0 Å². The Morgan fingerprint density at radius 1 is 1.50 bits per heavy atom. The lowest BCUT2D eigenvalue weighted by Gasteiger charge is -2.28. The van der Waals surface area contributed by atoms with Gasteiger partial charge < -0.3 is 4.74 Å². The number of carbonyl (C=O) groups excluding carboxylic acids is 1. The predicted octanol–water partition coefficient (Wildman–Crippen LogP) is 3.38. The van der Waals surface area contributed by atoms with Crippen LogP contribution in [0.4, 0.5) is 5.69 Å². The van der Waals surface area contributed by atoms with Gasteiger partial charge in [0.05, 0.1) is 4.92 Å². The van der Waals surface area contributed by atoms with E-state index in [0.717, 1.165) is 37.9 Å². The number of hydrogen-bond acceptors (Lipinski definition) is 5. The smallest absolute Gasteiger partial charge is 0.341 e. The van der Waals surface area contributed by atoms with Gasteiger partial charge in [0.2, 0.25) is 0 Å². The summed E-state index contributed by atoms with van der Waals surface area (Å²) in [5, 5.41) is 10.6. The van der Waals surface area contributed by atoms with Crippen LogP contribution in [0.15, 0.2) is 12.3 Å². The molecule has 1 aromatic rings. The summed E-state index contributed by atoms with van der Waals surface area (Å²) in [6.45, 7) is 2.03. The Morgan fingerprint density at radius 3 is 2.85 bits per heavy atom. The van der Waals surface area contributed by atoms with Gasteiger partial charge in [-0.05, 0) is 25.2 Å². The van der Waals surface area contributed by atoms with Gasteiger partial charge in [0.1, 0.15) is 23.0 Å². The summed E-state index contributed by atoms with van der Waals surface area (Å²) in [6.07, 6.45) is 4.83. The molecule has 1 heterocycles. The van der Waals surface area contributed by atoms with E-state index >= 15 is 0 Å². The van der Waals surface area contributed by atoms with E-state index in [1.807, 2.05) is 6.92 Å². The zero-order valence-corrected chi connectivity index (χ0v) is 11.8. The van der Waals surface area contributed by atoms with Crippen LogP contribution >= 0.6 is 11.6 Å². The SMILES string of the molecule is CC1CCCCC1OC(=O)c1cc([N+](=O)[O-])cnc1Cl. The molecule has 2 unspecified atom stereocenters. The average molecular weight is 299 g/mol. The number of hydrogen-bond donors (Lipinski definition) is 0. The van der Waals surface area contributed by atoms with Crippen molar-refractivity contribution in [2.24, 2.45) is 5.92 Å². The van der Waals surface area contributed by atoms with Gasteiger partial charge in [-0.25, -0.2) is 9.78 Å². The molecule has 6 nitrogen and oxygen atoms in total. The van der Waals surface area contributed by atoms with E-state index in [9.17, 15) is 14.9 Å². The molecule has 7 heteroatoms. The first kappa shape index (κ1) is 14.7. The van der Waals surface area contributed by atoms with Crippen molar-refractivity contribution in [3.8, 4) is 0 Å². The average Bonchev–Trinajstić information content (AvgIpc) is 2.41. The van der Waals surface area contributed by atoms with Gasteiger partial charge in [-0.3, -0.25) is 10.1 Å². The van der Waals surface area contributed by atoms with Crippen molar-refractivity contribution in [3.63, 3.8) is 0 Å². The topological polar surface area (TPSA) is 82.3 Å². The molecular weight excluding hydrogens is 284 g/mol. The van der Waals surface area contributed by atoms with Crippen molar-refractivity contribution >= 4 is 23.3 Å². The van der Waals surface area contributed by atoms with Gasteiger partial charge in [0, 0.05) is 6.07 Å². The van der Waals surface area contributed by atoms with E-state index in [-0.39, 0.29) is 28.4 Å². The molecule has 0 aromatic carbocycles. The third kappa shape index (κ3) is 3.25. The number of ether oxygens (including phenoxy) is 1. The molecule has 108 valence electrons. The van der Waals surface area contributed by atoms with Crippen LogP contribution < -0.4 is 0 Å². The quantitative estimate of drug-likeness (QED) is 0.370. The van der Waals surface area contributed by atoms with Crippen LogP contribution in [-0.4, -0.2) is 22.0 Å². The normalized spacial score (nSPS) is 22.3. The van der Waals surface area contributed by atoms with E-state index in [2.05, 4.69) is 4.98 Å². The molecule has 0 amide bonds. The summed E-state index contributed by atoms with van der Waals surface area (Å²) in [5.74, 6) is -0.358. The van der Waals surface area contributed by atoms with E-state index < -0.39 is 10.9 Å². The molecule has 2 rings (SSSR count). The largest absolute Gasteiger partial charge is 0.458 e. The first-order valence-electron chi connectivity index (χ1n) is 6.50. The molecule has 0 aliphatic heterocycles. The molecule has 20 heavy (non-hydrogen) atoms.